The molecule has 0 aromatic carbocycles. The lowest BCUT2D eigenvalue weighted by Gasteiger charge is -2.27. The van der Waals surface area contributed by atoms with E-state index in [-0.39, 0.29) is 0 Å². The van der Waals surface area contributed by atoms with Crippen molar-refractivity contribution in [2.24, 2.45) is 0 Å². The summed E-state index contributed by atoms with van der Waals surface area (Å²) < 4.78 is 0. The number of H-pyrrole nitrogens is 2. The third-order valence-electron chi connectivity index (χ3n) is 7.36. The molecular formula is C27H29N9. The van der Waals surface area contributed by atoms with Crippen LogP contribution in [0.1, 0.15) is 37.7 Å². The summed E-state index contributed by atoms with van der Waals surface area (Å²) in [4.78, 5) is 27.4. The summed E-state index contributed by atoms with van der Waals surface area (Å²) in [5.74, 6) is 1.65. The SMILES string of the molecule is c1cc2[nH]c(-c3n[nH]c4ccc(-c5cncc(CN6CCCC6)c5)nc34)nc2c(N2CCCCC2)n1. The molecule has 5 aromatic heterocycles. The van der Waals surface area contributed by atoms with Gasteiger partial charge in [0.25, 0.3) is 0 Å². The fraction of sp³-hybridized carbons (Fsp3) is 0.370. The van der Waals surface area contributed by atoms with E-state index in [1.807, 2.05) is 36.8 Å². The van der Waals surface area contributed by atoms with Crippen molar-refractivity contribution in [3.63, 3.8) is 0 Å². The summed E-state index contributed by atoms with van der Waals surface area (Å²) in [6.45, 7) is 5.32. The summed E-state index contributed by atoms with van der Waals surface area (Å²) >= 11 is 0. The number of pyridine rings is 3. The third-order valence-corrected chi connectivity index (χ3v) is 7.36. The van der Waals surface area contributed by atoms with Gasteiger partial charge in [-0.25, -0.2) is 15.0 Å². The van der Waals surface area contributed by atoms with E-state index in [1.165, 1.54) is 50.8 Å². The highest BCUT2D eigenvalue weighted by atomic mass is 15.2. The number of fused-ring (bicyclic) bond motifs is 2. The van der Waals surface area contributed by atoms with Gasteiger partial charge in [-0.1, -0.05) is 0 Å². The van der Waals surface area contributed by atoms with Gasteiger partial charge in [-0.05, 0) is 75.0 Å². The van der Waals surface area contributed by atoms with Crippen LogP contribution in [0.3, 0.4) is 0 Å². The van der Waals surface area contributed by atoms with Gasteiger partial charge in [0.05, 0.1) is 16.7 Å². The van der Waals surface area contributed by atoms with Crippen molar-refractivity contribution in [3.05, 3.63) is 48.4 Å². The molecule has 0 amide bonds. The Morgan fingerprint density at radius 3 is 2.58 bits per heavy atom. The average molecular weight is 480 g/mol. The molecule has 0 atom stereocenters. The maximum atomic E-state index is 5.00. The Morgan fingerprint density at radius 2 is 1.69 bits per heavy atom. The smallest absolute Gasteiger partial charge is 0.161 e. The molecule has 2 saturated heterocycles. The molecule has 2 N–H and O–H groups in total. The van der Waals surface area contributed by atoms with E-state index in [0.29, 0.717) is 11.5 Å². The van der Waals surface area contributed by atoms with Crippen LogP contribution in [-0.4, -0.2) is 66.2 Å². The van der Waals surface area contributed by atoms with Crippen molar-refractivity contribution in [2.45, 2.75) is 38.6 Å². The van der Waals surface area contributed by atoms with Crippen LogP contribution in [-0.2, 0) is 6.54 Å². The number of nitrogens with one attached hydrogen (secondary N) is 2. The van der Waals surface area contributed by atoms with Crippen LogP contribution >= 0.6 is 0 Å². The number of hydrogen-bond donors (Lipinski definition) is 2. The minimum atomic E-state index is 0.702. The van der Waals surface area contributed by atoms with E-state index >= 15 is 0 Å². The summed E-state index contributed by atoms with van der Waals surface area (Å²) in [5, 5.41) is 7.71. The Labute approximate surface area is 209 Å². The van der Waals surface area contributed by atoms with Gasteiger partial charge < -0.3 is 9.88 Å². The zero-order chi connectivity index (χ0) is 23.9. The van der Waals surface area contributed by atoms with Crippen molar-refractivity contribution < 1.29 is 0 Å². The monoisotopic (exact) mass is 479 g/mol. The fourth-order valence-electron chi connectivity index (χ4n) is 5.51. The van der Waals surface area contributed by atoms with E-state index in [2.05, 4.69) is 41.0 Å². The molecule has 9 nitrogen and oxygen atoms in total. The fourth-order valence-corrected chi connectivity index (χ4v) is 5.51. The van der Waals surface area contributed by atoms with E-state index in [0.717, 1.165) is 58.8 Å². The van der Waals surface area contributed by atoms with Crippen LogP contribution < -0.4 is 4.90 Å². The van der Waals surface area contributed by atoms with Crippen molar-refractivity contribution in [1.29, 1.82) is 0 Å². The predicted octanol–water partition coefficient (Wildman–Crippen LogP) is 4.54. The molecule has 2 fully saturated rings. The highest BCUT2D eigenvalue weighted by molar-refractivity contribution is 5.93. The first-order valence-corrected chi connectivity index (χ1v) is 12.9. The zero-order valence-electron chi connectivity index (χ0n) is 20.2. The molecule has 7 rings (SSSR count). The van der Waals surface area contributed by atoms with E-state index in [4.69, 9.17) is 9.97 Å². The summed E-state index contributed by atoms with van der Waals surface area (Å²) in [7, 11) is 0. The number of piperidine rings is 1. The normalized spacial score (nSPS) is 16.9. The van der Waals surface area contributed by atoms with Gasteiger partial charge in [-0.2, -0.15) is 5.10 Å². The van der Waals surface area contributed by atoms with Crippen molar-refractivity contribution >= 4 is 27.9 Å². The van der Waals surface area contributed by atoms with E-state index < -0.39 is 0 Å². The van der Waals surface area contributed by atoms with Crippen LogP contribution in [0.25, 0.3) is 44.8 Å². The second-order valence-corrected chi connectivity index (χ2v) is 9.89. The molecular weight excluding hydrogens is 450 g/mol. The van der Waals surface area contributed by atoms with E-state index in [1.54, 1.807) is 0 Å². The van der Waals surface area contributed by atoms with Gasteiger partial charge in [0.15, 0.2) is 17.3 Å². The molecule has 0 spiro atoms. The first-order valence-electron chi connectivity index (χ1n) is 12.9. The van der Waals surface area contributed by atoms with Gasteiger partial charge in [0, 0.05) is 43.8 Å². The molecule has 2 aliphatic rings. The Hall–Kier alpha value is -3.85. The second-order valence-electron chi connectivity index (χ2n) is 9.89. The Morgan fingerprint density at radius 1 is 0.833 bits per heavy atom. The van der Waals surface area contributed by atoms with Crippen molar-refractivity contribution in [1.82, 2.24) is 40.0 Å². The predicted molar refractivity (Wildman–Crippen MR) is 141 cm³/mol. The Balaban J connectivity index is 1.25. The molecule has 36 heavy (non-hydrogen) atoms. The first kappa shape index (κ1) is 21.4. The quantitative estimate of drug-likeness (QED) is 0.381. The number of aromatic amines is 2. The standard InChI is InChI=1S/C27H29N9/c1-2-12-36(13-3-1)27-24-21(8-9-29-27)31-26(32-24)25-23-22(33-34-25)7-6-20(30-23)19-14-18(15-28-16-19)17-35-10-4-5-11-35/h6-9,14-16H,1-5,10-13,17H2,(H,31,32)(H,33,34). The van der Waals surface area contributed by atoms with Crippen LogP contribution in [0.5, 0.6) is 0 Å². The van der Waals surface area contributed by atoms with E-state index in [9.17, 15) is 0 Å². The number of nitrogens with zero attached hydrogens (tertiary/aromatic N) is 7. The third kappa shape index (κ3) is 3.89. The van der Waals surface area contributed by atoms with Crippen molar-refractivity contribution in [2.75, 3.05) is 31.1 Å². The number of anilines is 1. The summed E-state index contributed by atoms with van der Waals surface area (Å²) in [6.07, 6.45) is 11.9. The second kappa shape index (κ2) is 8.98. The minimum absolute atomic E-state index is 0.702. The Kier molecular flexibility index (Phi) is 5.35. The largest absolute Gasteiger partial charge is 0.355 e. The topological polar surface area (TPSA) is 103 Å². The number of hydrogen-bond acceptors (Lipinski definition) is 7. The van der Waals surface area contributed by atoms with Crippen LogP contribution in [0.15, 0.2) is 42.9 Å². The molecule has 9 heteroatoms. The zero-order valence-corrected chi connectivity index (χ0v) is 20.2. The van der Waals surface area contributed by atoms with Crippen molar-refractivity contribution in [3.8, 4) is 22.8 Å². The molecule has 0 unspecified atom stereocenters. The van der Waals surface area contributed by atoms with Crippen LogP contribution in [0, 0.1) is 0 Å². The summed E-state index contributed by atoms with van der Waals surface area (Å²) in [6, 6.07) is 8.24. The molecule has 0 aliphatic carbocycles. The molecule has 0 saturated carbocycles. The Bertz CT molecular complexity index is 1520. The molecule has 182 valence electrons. The van der Waals surface area contributed by atoms with Gasteiger partial charge in [0.1, 0.15) is 11.0 Å². The number of aromatic nitrogens is 7. The molecule has 0 radical (unpaired) electrons. The highest BCUT2D eigenvalue weighted by Gasteiger charge is 2.20. The van der Waals surface area contributed by atoms with Gasteiger partial charge in [-0.15, -0.1) is 0 Å². The summed E-state index contributed by atoms with van der Waals surface area (Å²) in [5.41, 5.74) is 7.36. The van der Waals surface area contributed by atoms with Crippen LogP contribution in [0.2, 0.25) is 0 Å². The maximum absolute atomic E-state index is 5.00. The number of imidazole rings is 1. The lowest BCUT2D eigenvalue weighted by Crippen LogP contribution is -2.30. The van der Waals surface area contributed by atoms with Crippen LogP contribution in [0.4, 0.5) is 5.82 Å². The highest BCUT2D eigenvalue weighted by Crippen LogP contribution is 2.31. The molecule has 0 bridgehead atoms. The minimum Gasteiger partial charge on any atom is -0.355 e. The molecule has 2 aliphatic heterocycles. The maximum Gasteiger partial charge on any atom is 0.161 e. The number of rotatable bonds is 5. The lowest BCUT2D eigenvalue weighted by molar-refractivity contribution is 0.331. The first-order chi connectivity index (χ1) is 17.8. The molecule has 7 heterocycles. The lowest BCUT2D eigenvalue weighted by atomic mass is 10.1. The van der Waals surface area contributed by atoms with Gasteiger partial charge >= 0.3 is 0 Å². The number of likely N-dealkylation sites (tertiary alicyclic amines) is 1. The average Bonchev–Trinajstić information content (AvgIpc) is 3.68. The van der Waals surface area contributed by atoms with Gasteiger partial charge in [-0.3, -0.25) is 15.0 Å². The van der Waals surface area contributed by atoms with Gasteiger partial charge in [0.2, 0.25) is 0 Å². The molecule has 5 aromatic rings.